The van der Waals surface area contributed by atoms with E-state index >= 15 is 0 Å². The third-order valence-corrected chi connectivity index (χ3v) is 27.6. The summed E-state index contributed by atoms with van der Waals surface area (Å²) in [6, 6.07) is 60.9. The first-order valence-corrected chi connectivity index (χ1v) is 47.0. The van der Waals surface area contributed by atoms with Crippen LogP contribution in [0, 0.1) is 0 Å². The van der Waals surface area contributed by atoms with E-state index in [-0.39, 0.29) is 105 Å². The summed E-state index contributed by atoms with van der Waals surface area (Å²) in [7, 11) is 5.84. The molecule has 127 heavy (non-hydrogen) atoms. The van der Waals surface area contributed by atoms with Crippen molar-refractivity contribution >= 4 is 155 Å². The van der Waals surface area contributed by atoms with E-state index in [2.05, 4.69) is 91.8 Å². The molecular weight excluding hydrogens is 1770 g/mol. The fourth-order valence-electron chi connectivity index (χ4n) is 13.5. The topological polar surface area (TPSA) is 571 Å². The van der Waals surface area contributed by atoms with Gasteiger partial charge in [0.1, 0.15) is 44.6 Å². The van der Waals surface area contributed by atoms with Crippen LogP contribution in [0.1, 0.15) is 107 Å². The molecule has 666 valence electrons. The molecule has 0 heterocycles. The number of carboxylic acid groups (broad SMARTS) is 3. The van der Waals surface area contributed by atoms with Gasteiger partial charge >= 0.3 is 41.8 Å². The number of rotatable bonds is 41. The predicted octanol–water partition coefficient (Wildman–Crippen LogP) is 11.6. The van der Waals surface area contributed by atoms with Gasteiger partial charge in [0.05, 0.1) is 5.75 Å². The van der Waals surface area contributed by atoms with Crippen molar-refractivity contribution in [2.75, 3.05) is 62.5 Å². The minimum Gasteiger partial charge on any atom is -0.480 e. The van der Waals surface area contributed by atoms with E-state index in [0.29, 0.717) is 19.4 Å². The quantitative estimate of drug-likeness (QED) is 0.00195. The molecule has 6 unspecified atom stereocenters. The van der Waals surface area contributed by atoms with Crippen molar-refractivity contribution in [3.05, 3.63) is 260 Å². The number of nitrogens with zero attached hydrogens (tertiary/aromatic N) is 6. The number of thiol groups is 1. The molecular formula is C87H91N13O20S7. The predicted molar refractivity (Wildman–Crippen MR) is 492 cm³/mol. The molecule has 8 aromatic rings. The van der Waals surface area contributed by atoms with Gasteiger partial charge in [-0.1, -0.05) is 276 Å². The smallest absolute Gasteiger partial charge is 0.329 e. The van der Waals surface area contributed by atoms with E-state index in [0.717, 1.165) is 132 Å². The number of azide groups is 2. The first-order valence-electron chi connectivity index (χ1n) is 39.2. The van der Waals surface area contributed by atoms with Gasteiger partial charge in [-0.2, -0.15) is 12.6 Å². The third-order valence-electron chi connectivity index (χ3n) is 19.5. The summed E-state index contributed by atoms with van der Waals surface area (Å²) in [5.74, 6) is -10.1. The van der Waals surface area contributed by atoms with Crippen LogP contribution in [-0.4, -0.2) is 189 Å². The summed E-state index contributed by atoms with van der Waals surface area (Å²) in [5, 5.41) is 34.6. The zero-order valence-electron chi connectivity index (χ0n) is 68.1. The van der Waals surface area contributed by atoms with Gasteiger partial charge in [0.25, 0.3) is 0 Å². The molecule has 0 fully saturated rings. The first-order chi connectivity index (χ1) is 61.1. The number of hydrogen-bond donors (Lipinski definition) is 11. The first kappa shape index (κ1) is 100. The molecule has 12 rings (SSSR count). The van der Waals surface area contributed by atoms with Crippen LogP contribution in [0.3, 0.4) is 0 Å². The molecule has 0 saturated heterocycles. The Kier molecular flexibility index (Phi) is 40.7. The highest BCUT2D eigenvalue weighted by atomic mass is 33.1. The summed E-state index contributed by atoms with van der Waals surface area (Å²) in [6.45, 7) is 2.82. The Bertz CT molecular complexity index is 5210. The number of ether oxygens (including phenoxy) is 4. The van der Waals surface area contributed by atoms with Crippen molar-refractivity contribution in [3.8, 4) is 44.5 Å². The highest BCUT2D eigenvalue weighted by Crippen LogP contribution is 2.49. The SMILES string of the molecule is CCC(=O)OCC1c2ccccc2-c2ccccc21.NC(=O)C(S)C(=O)OCC1c2ccccc2-c2ccccc21.NC(=O)C(SSCC(N)C(=O)O)C(=O)OCC1c2ccccc2-c2ccccc21.[N-]=[N+]=NCCCC(=O)NC(CSSC(C(N)=O)C(=O)OCC1c2ccccc2-c2ccccc21)C(=O)O.[N-]=[N+]=NCCCC(=O)NC(CSSCC(N)=O)C(=O)O. The van der Waals surface area contributed by atoms with Crippen LogP contribution in [0.25, 0.3) is 65.4 Å². The van der Waals surface area contributed by atoms with Crippen molar-refractivity contribution < 1.29 is 96.6 Å². The van der Waals surface area contributed by atoms with Crippen LogP contribution in [0.15, 0.2) is 204 Å². The van der Waals surface area contributed by atoms with E-state index in [1.165, 1.54) is 22.3 Å². The van der Waals surface area contributed by atoms with Gasteiger partial charge in [0.2, 0.25) is 35.4 Å². The highest BCUT2D eigenvalue weighted by molar-refractivity contribution is 8.77. The number of esters is 4. The number of nitrogens with two attached hydrogens (primary N) is 5. The molecule has 4 aliphatic carbocycles. The van der Waals surface area contributed by atoms with Crippen molar-refractivity contribution in [3.63, 3.8) is 0 Å². The van der Waals surface area contributed by atoms with E-state index in [9.17, 15) is 67.4 Å². The van der Waals surface area contributed by atoms with Gasteiger partial charge in [-0.05, 0) is 113 Å². The lowest BCUT2D eigenvalue weighted by Gasteiger charge is -2.18. The number of carbonyl (C=O) groups excluding carboxylic acids is 10. The lowest BCUT2D eigenvalue weighted by molar-refractivity contribution is -0.146. The molecule has 6 atom stereocenters. The zero-order chi connectivity index (χ0) is 92.1. The Morgan fingerprint density at radius 1 is 0.409 bits per heavy atom. The maximum absolute atomic E-state index is 12.7. The van der Waals surface area contributed by atoms with Crippen LogP contribution >= 0.6 is 77.4 Å². The second-order valence-corrected chi connectivity index (χ2v) is 36.0. The van der Waals surface area contributed by atoms with Crippen LogP contribution < -0.4 is 39.3 Å². The average molecular weight is 1860 g/mol. The van der Waals surface area contributed by atoms with E-state index in [1.807, 2.05) is 153 Å². The molecule has 0 aromatic heterocycles. The lowest BCUT2D eigenvalue weighted by atomic mass is 9.98. The molecule has 40 heteroatoms. The maximum Gasteiger partial charge on any atom is 0.329 e. The molecule has 6 amide bonds. The maximum atomic E-state index is 12.7. The highest BCUT2D eigenvalue weighted by Gasteiger charge is 2.37. The summed E-state index contributed by atoms with van der Waals surface area (Å²) in [4.78, 5) is 155. The van der Waals surface area contributed by atoms with Crippen LogP contribution in [0.5, 0.6) is 0 Å². The Labute approximate surface area is 758 Å². The Hall–Kier alpha value is -12.1. The van der Waals surface area contributed by atoms with Gasteiger partial charge in [0, 0.05) is 83.1 Å². The number of benzene rings is 8. The molecule has 15 N–H and O–H groups in total. The summed E-state index contributed by atoms with van der Waals surface area (Å²) in [5.41, 5.74) is 60.5. The van der Waals surface area contributed by atoms with Gasteiger partial charge in [-0.15, -0.1) is 0 Å². The number of fused-ring (bicyclic) bond motifs is 12. The Morgan fingerprint density at radius 2 is 0.693 bits per heavy atom. The number of amides is 6. The fraction of sp³-hybridized carbons (Fsp3) is 0.299. The standard InChI is InChI=1S/C24H25N5O6S2.C20H20N2O5S2.C17H15NO3S.C17H16O2.C9H15N5O4S2/c25-22(31)21(37-36-13-19(23(32)33)28-20(30)10-5-11-27-29-26)24(34)35-12-18-16-8-3-1-6-14(16)15-7-2-4-9-17(15)18;21-16(19(24)25)10-28-29-17(18(22)23)20(26)27-9-15-13-7-3-1-5-11(13)12-6-2-4-8-14(12)15;18-16(19)15(22)17(20)21-9-14-12-7-3-1-5-10(12)11-6-2-4-8-13(11)14;1-2-17(18)19-11-16-14-9-5-3-7-12(14)13-8-4-6-10-15(13)16;10-7(15)5-20-19-4-6(9(17)18)13-8(16)2-1-3-12-14-11/h1-4,6-9,18-19,21H,5,10-13H2,(H2,25,31)(H,28,30)(H,32,33);1-8,15-17H,9-10,21H2,(H2,22,23)(H,24,25);1-8,14-15,22H,9H2,(H2,18,19);3-10,16H,2,11H2,1H3;6H,1-5H2,(H2,10,15)(H,13,16)(H,17,18). The van der Waals surface area contributed by atoms with Crippen LogP contribution in [0.4, 0.5) is 0 Å². The number of carboxylic acids is 3. The molecule has 0 saturated carbocycles. The Morgan fingerprint density at radius 3 is 0.961 bits per heavy atom. The minimum atomic E-state index is -1.36. The largest absolute Gasteiger partial charge is 0.480 e. The van der Waals surface area contributed by atoms with Gasteiger partial charge in [0.15, 0.2) is 15.7 Å². The Balaban J connectivity index is 0.000000201. The molecule has 0 radical (unpaired) electrons. The number of aliphatic carboxylic acids is 3. The molecule has 0 bridgehead atoms. The summed E-state index contributed by atoms with van der Waals surface area (Å²) in [6.07, 6.45) is 1.13. The fourth-order valence-corrected chi connectivity index (χ4v) is 20.3. The van der Waals surface area contributed by atoms with E-state index < -0.39 is 105 Å². The minimum absolute atomic E-state index is 0.00965. The monoisotopic (exact) mass is 1860 g/mol. The second kappa shape index (κ2) is 51.5. The lowest BCUT2D eigenvalue weighted by Crippen LogP contribution is -2.42. The molecule has 0 spiro atoms. The van der Waals surface area contributed by atoms with E-state index in [1.54, 1.807) is 0 Å². The van der Waals surface area contributed by atoms with E-state index in [4.69, 9.17) is 68.9 Å². The number of primary amides is 4. The van der Waals surface area contributed by atoms with Crippen LogP contribution in [-0.2, 0) is 81.3 Å². The zero-order valence-corrected chi connectivity index (χ0v) is 73.9. The number of hydrogen-bond acceptors (Lipinski definition) is 27. The van der Waals surface area contributed by atoms with Crippen molar-refractivity contribution in [1.82, 2.24) is 10.6 Å². The molecule has 4 aliphatic rings. The van der Waals surface area contributed by atoms with Crippen molar-refractivity contribution in [1.29, 1.82) is 0 Å². The summed E-state index contributed by atoms with van der Waals surface area (Å²) >= 11 is 3.86. The van der Waals surface area contributed by atoms with Crippen molar-refractivity contribution in [2.24, 2.45) is 38.9 Å². The number of carbonyl (C=O) groups is 13. The molecule has 0 aliphatic heterocycles. The second-order valence-electron chi connectivity index (χ2n) is 28.0. The normalized spacial score (nSPS) is 13.3. The average Bonchev–Trinajstić information content (AvgIpc) is 1.64. The third kappa shape index (κ3) is 29.2. The van der Waals surface area contributed by atoms with Crippen LogP contribution in [0.2, 0.25) is 0 Å². The summed E-state index contributed by atoms with van der Waals surface area (Å²) < 4.78 is 21.5. The number of nitrogens with one attached hydrogen (secondary N) is 2. The van der Waals surface area contributed by atoms with Gasteiger partial charge < -0.3 is 73.6 Å². The molecule has 8 aromatic carbocycles. The molecule has 33 nitrogen and oxygen atoms in total. The van der Waals surface area contributed by atoms with Crippen molar-refractivity contribution in [2.45, 2.75) is 96.6 Å². The van der Waals surface area contributed by atoms with Gasteiger partial charge in [-0.3, -0.25) is 52.7 Å². The van der Waals surface area contributed by atoms with Gasteiger partial charge in [-0.25, -0.2) is 9.59 Å².